The molecule has 1 aliphatic carbocycles. The van der Waals surface area contributed by atoms with Crippen LogP contribution in [0.15, 0.2) is 36.8 Å². The maximum absolute atomic E-state index is 10.5. The number of anilines is 1. The second-order valence-corrected chi connectivity index (χ2v) is 9.42. The molecule has 0 radical (unpaired) electrons. The average Bonchev–Trinajstić information content (AvgIpc) is 3.58. The highest BCUT2D eigenvalue weighted by molar-refractivity contribution is 5.65. The van der Waals surface area contributed by atoms with Gasteiger partial charge in [0.2, 0.25) is 18.8 Å². The number of amides is 2. The van der Waals surface area contributed by atoms with Crippen molar-refractivity contribution < 1.29 is 19.6 Å². The van der Waals surface area contributed by atoms with Crippen LogP contribution in [0, 0.1) is 11.3 Å². The molecule has 2 aromatic rings. The van der Waals surface area contributed by atoms with Gasteiger partial charge in [-0.3, -0.25) is 19.8 Å². The molecule has 196 valence electrons. The quantitative estimate of drug-likeness (QED) is 0.290. The second kappa shape index (κ2) is 14.9. The Morgan fingerprint density at radius 1 is 1.28 bits per heavy atom. The third kappa shape index (κ3) is 9.33. The van der Waals surface area contributed by atoms with E-state index in [-0.39, 0.29) is 6.04 Å². The van der Waals surface area contributed by atoms with Crippen molar-refractivity contribution in [1.29, 1.82) is 0 Å². The first kappa shape index (κ1) is 28.8. The van der Waals surface area contributed by atoms with E-state index in [4.69, 9.17) is 5.21 Å². The van der Waals surface area contributed by atoms with Crippen LogP contribution in [0.5, 0.6) is 0 Å². The van der Waals surface area contributed by atoms with Crippen LogP contribution in [-0.2, 0) is 14.4 Å². The van der Waals surface area contributed by atoms with Crippen molar-refractivity contribution in [2.75, 3.05) is 25.5 Å². The van der Waals surface area contributed by atoms with Gasteiger partial charge in [0, 0.05) is 37.7 Å². The largest absolute Gasteiger partial charge is 0.357 e. The Balaban J connectivity index is 0.000000193. The Labute approximate surface area is 213 Å². The molecule has 36 heavy (non-hydrogen) atoms. The monoisotopic (exact) mass is 498 g/mol. The van der Waals surface area contributed by atoms with E-state index in [2.05, 4.69) is 27.2 Å². The summed E-state index contributed by atoms with van der Waals surface area (Å²) in [4.78, 5) is 44.9. The third-order valence-electron chi connectivity index (χ3n) is 6.34. The van der Waals surface area contributed by atoms with Crippen molar-refractivity contribution in [3.05, 3.63) is 36.8 Å². The molecule has 2 atom stereocenters. The fourth-order valence-corrected chi connectivity index (χ4v) is 4.07. The van der Waals surface area contributed by atoms with Crippen LogP contribution >= 0.6 is 0 Å². The standard InChI is InChI=1S/C10H10N4.C8H11NO2.C8H17NO2/c1-11-10-13-6-4-9(14-10)8-3-2-5-12-7-8;10-4-7-3-8(1-2-8)5-9(7)6-11;1-3-4-5-8(2)6-9(11)7-10/h2-7H,1H3,(H,11,13,14);4,6-7H,1-3,5H2;7-8,11H,3-6H2,1-2H3. The Morgan fingerprint density at radius 2 is 2.06 bits per heavy atom. The maximum atomic E-state index is 10.5. The molecule has 2 N–H and O–H groups in total. The van der Waals surface area contributed by atoms with Gasteiger partial charge < -0.3 is 15.0 Å². The number of hydroxylamine groups is 2. The van der Waals surface area contributed by atoms with Gasteiger partial charge in [0.25, 0.3) is 0 Å². The number of nitrogens with zero attached hydrogens (tertiary/aromatic N) is 5. The summed E-state index contributed by atoms with van der Waals surface area (Å²) in [6.07, 6.45) is 14.1. The number of nitrogens with one attached hydrogen (secondary N) is 1. The van der Waals surface area contributed by atoms with Crippen molar-refractivity contribution in [1.82, 2.24) is 24.9 Å². The Kier molecular flexibility index (Phi) is 11.9. The lowest BCUT2D eigenvalue weighted by Crippen LogP contribution is -2.28. The second-order valence-electron chi connectivity index (χ2n) is 9.42. The number of carbonyl (C=O) groups excluding carboxylic acids is 3. The van der Waals surface area contributed by atoms with Crippen LogP contribution in [-0.4, -0.2) is 75.4 Å². The molecule has 3 heterocycles. The predicted molar refractivity (Wildman–Crippen MR) is 137 cm³/mol. The van der Waals surface area contributed by atoms with Gasteiger partial charge in [0.05, 0.1) is 18.3 Å². The molecule has 2 amide bonds. The summed E-state index contributed by atoms with van der Waals surface area (Å²) in [6.45, 7) is 5.41. The van der Waals surface area contributed by atoms with Crippen LogP contribution < -0.4 is 5.32 Å². The molecule has 1 aliphatic heterocycles. The molecule has 1 spiro atoms. The normalized spacial score (nSPS) is 17.6. The molecular formula is C26H38N6O4. The van der Waals surface area contributed by atoms with Gasteiger partial charge in [-0.15, -0.1) is 0 Å². The molecule has 0 bridgehead atoms. The minimum atomic E-state index is -0.130. The topological polar surface area (TPSA) is 129 Å². The molecule has 0 aromatic carbocycles. The average molecular weight is 499 g/mol. The number of rotatable bonds is 10. The maximum Gasteiger partial charge on any atom is 0.233 e. The molecule has 1 saturated carbocycles. The first-order valence-corrected chi connectivity index (χ1v) is 12.4. The van der Waals surface area contributed by atoms with Gasteiger partial charge in [-0.1, -0.05) is 26.7 Å². The van der Waals surface area contributed by atoms with Crippen molar-refractivity contribution in [3.8, 4) is 11.3 Å². The highest BCUT2D eigenvalue weighted by atomic mass is 16.5. The molecule has 10 nitrogen and oxygen atoms in total. The zero-order valence-electron chi connectivity index (χ0n) is 21.4. The molecule has 2 unspecified atom stereocenters. The Bertz CT molecular complexity index is 923. The van der Waals surface area contributed by atoms with Crippen molar-refractivity contribution >= 4 is 25.1 Å². The van der Waals surface area contributed by atoms with Gasteiger partial charge in [0.1, 0.15) is 6.29 Å². The SMILES string of the molecule is CCCCC(C)CN(O)C=O.CNc1nccc(-c2cccnc2)n1.O=CC1CC2(CC2)CN1C=O. The number of pyridine rings is 1. The number of unbranched alkanes of at least 4 members (excludes halogenated alkanes) is 1. The first-order chi connectivity index (χ1) is 17.4. The number of aromatic nitrogens is 3. The number of carbonyl (C=O) groups is 3. The van der Waals surface area contributed by atoms with Crippen molar-refractivity contribution in [2.24, 2.45) is 11.3 Å². The molecule has 2 aromatic heterocycles. The summed E-state index contributed by atoms with van der Waals surface area (Å²) >= 11 is 0. The van der Waals surface area contributed by atoms with E-state index in [0.29, 0.717) is 35.3 Å². The lowest BCUT2D eigenvalue weighted by atomic mass is 10.0. The van der Waals surface area contributed by atoms with Crippen molar-refractivity contribution in [3.63, 3.8) is 0 Å². The fourth-order valence-electron chi connectivity index (χ4n) is 4.07. The molecule has 2 fully saturated rings. The van der Waals surface area contributed by atoms with Gasteiger partial charge in [-0.05, 0) is 55.2 Å². The highest BCUT2D eigenvalue weighted by Gasteiger charge is 2.51. The molecule has 2 aliphatic rings. The minimum Gasteiger partial charge on any atom is -0.357 e. The highest BCUT2D eigenvalue weighted by Crippen LogP contribution is 2.54. The summed E-state index contributed by atoms with van der Waals surface area (Å²) in [6, 6.07) is 5.58. The number of hydrogen-bond donors (Lipinski definition) is 2. The van der Waals surface area contributed by atoms with E-state index in [1.807, 2.05) is 25.1 Å². The zero-order chi connectivity index (χ0) is 26.4. The predicted octanol–water partition coefficient (Wildman–Crippen LogP) is 3.44. The lowest BCUT2D eigenvalue weighted by Gasteiger charge is -2.14. The molecule has 10 heteroatoms. The van der Waals surface area contributed by atoms with E-state index in [1.54, 1.807) is 30.5 Å². The van der Waals surface area contributed by atoms with E-state index in [0.717, 1.165) is 56.2 Å². The van der Waals surface area contributed by atoms with E-state index >= 15 is 0 Å². The van der Waals surface area contributed by atoms with E-state index < -0.39 is 0 Å². The van der Waals surface area contributed by atoms with Gasteiger partial charge in [-0.2, -0.15) is 0 Å². The number of likely N-dealkylation sites (tertiary alicyclic amines) is 1. The summed E-state index contributed by atoms with van der Waals surface area (Å²) in [5, 5.41) is 12.4. The lowest BCUT2D eigenvalue weighted by molar-refractivity contribution is -0.152. The van der Waals surface area contributed by atoms with Crippen LogP contribution in [0.1, 0.15) is 52.4 Å². The Hall–Kier alpha value is -3.40. The summed E-state index contributed by atoms with van der Waals surface area (Å²) in [5.74, 6) is 1.01. The molecule has 4 rings (SSSR count). The number of aldehydes is 1. The Morgan fingerprint density at radius 3 is 2.58 bits per heavy atom. The van der Waals surface area contributed by atoms with Crippen LogP contribution in [0.25, 0.3) is 11.3 Å². The first-order valence-electron chi connectivity index (χ1n) is 12.4. The van der Waals surface area contributed by atoms with Crippen molar-refractivity contribution in [2.45, 2.75) is 58.4 Å². The van der Waals surface area contributed by atoms with Gasteiger partial charge in [0.15, 0.2) is 0 Å². The van der Waals surface area contributed by atoms with E-state index in [9.17, 15) is 14.4 Å². The smallest absolute Gasteiger partial charge is 0.233 e. The minimum absolute atomic E-state index is 0.130. The zero-order valence-corrected chi connectivity index (χ0v) is 21.4. The van der Waals surface area contributed by atoms with Crippen LogP contribution in [0.4, 0.5) is 5.95 Å². The van der Waals surface area contributed by atoms with Crippen LogP contribution in [0.3, 0.4) is 0 Å². The van der Waals surface area contributed by atoms with E-state index in [1.165, 1.54) is 12.8 Å². The third-order valence-corrected chi connectivity index (χ3v) is 6.34. The summed E-state index contributed by atoms with van der Waals surface area (Å²) in [7, 11) is 1.79. The van der Waals surface area contributed by atoms with Gasteiger partial charge in [-0.25, -0.2) is 15.0 Å². The molecular weight excluding hydrogens is 460 g/mol. The summed E-state index contributed by atoms with van der Waals surface area (Å²) < 4.78 is 0. The van der Waals surface area contributed by atoms with Gasteiger partial charge >= 0.3 is 0 Å². The number of hydrogen-bond acceptors (Lipinski definition) is 8. The molecule has 1 saturated heterocycles. The van der Waals surface area contributed by atoms with Crippen LogP contribution in [0.2, 0.25) is 0 Å². The fraction of sp³-hybridized carbons (Fsp3) is 0.538. The summed E-state index contributed by atoms with van der Waals surface area (Å²) in [5.41, 5.74) is 2.22.